The van der Waals surface area contributed by atoms with Crippen molar-refractivity contribution in [3.63, 3.8) is 0 Å². The molecule has 40 heavy (non-hydrogen) atoms. The zero-order valence-corrected chi connectivity index (χ0v) is 23.7. The van der Waals surface area contributed by atoms with Crippen molar-refractivity contribution in [3.8, 4) is 11.1 Å². The second kappa shape index (κ2) is 12.5. The second-order valence-electron chi connectivity index (χ2n) is 11.1. The van der Waals surface area contributed by atoms with Crippen molar-refractivity contribution in [2.24, 2.45) is 0 Å². The summed E-state index contributed by atoms with van der Waals surface area (Å²) in [6.07, 6.45) is -0.397. The van der Waals surface area contributed by atoms with Crippen molar-refractivity contribution in [2.45, 2.75) is 64.8 Å². The Kier molecular flexibility index (Phi) is 9.31. The van der Waals surface area contributed by atoms with E-state index in [9.17, 15) is 18.0 Å². The van der Waals surface area contributed by atoms with Crippen LogP contribution in [0.15, 0.2) is 67.0 Å². The Bertz CT molecular complexity index is 1280. The molecule has 1 atom stereocenters. The minimum absolute atomic E-state index is 0.0424. The SMILES string of the molecule is CCOC(=O)C[C@@H]1CN(Cc2ccc(-c3ccc(C(C)(C)C(F)(F)F)cc3)c(C)c2)CCN1Cc1ccncc1. The van der Waals surface area contributed by atoms with E-state index in [-0.39, 0.29) is 17.6 Å². The smallest absolute Gasteiger partial charge is 0.397 e. The summed E-state index contributed by atoms with van der Waals surface area (Å²) >= 11 is 0. The Morgan fingerprint density at radius 1 is 0.975 bits per heavy atom. The largest absolute Gasteiger partial charge is 0.466 e. The van der Waals surface area contributed by atoms with Crippen molar-refractivity contribution in [1.29, 1.82) is 0 Å². The highest BCUT2D eigenvalue weighted by Gasteiger charge is 2.48. The molecule has 4 rings (SSSR count). The average Bonchev–Trinajstić information content (AvgIpc) is 2.90. The van der Waals surface area contributed by atoms with Gasteiger partial charge in [0.15, 0.2) is 0 Å². The van der Waals surface area contributed by atoms with E-state index in [2.05, 4.69) is 26.9 Å². The summed E-state index contributed by atoms with van der Waals surface area (Å²) in [5, 5.41) is 0. The van der Waals surface area contributed by atoms with Crippen LogP contribution in [0.1, 0.15) is 49.4 Å². The van der Waals surface area contributed by atoms with E-state index in [4.69, 9.17) is 4.74 Å². The number of carbonyl (C=O) groups excluding carboxylic acids is 1. The van der Waals surface area contributed by atoms with Gasteiger partial charge in [-0.3, -0.25) is 19.6 Å². The molecule has 0 spiro atoms. The topological polar surface area (TPSA) is 45.7 Å². The zero-order valence-electron chi connectivity index (χ0n) is 23.7. The number of carbonyl (C=O) groups is 1. The van der Waals surface area contributed by atoms with E-state index in [1.807, 2.05) is 32.0 Å². The third-order valence-corrected chi connectivity index (χ3v) is 7.85. The average molecular weight is 554 g/mol. The van der Waals surface area contributed by atoms with Crippen LogP contribution in [0.25, 0.3) is 11.1 Å². The van der Waals surface area contributed by atoms with Crippen molar-refractivity contribution in [1.82, 2.24) is 14.8 Å². The van der Waals surface area contributed by atoms with Crippen LogP contribution >= 0.6 is 0 Å². The number of rotatable bonds is 9. The molecule has 0 bridgehead atoms. The fourth-order valence-electron chi connectivity index (χ4n) is 5.27. The summed E-state index contributed by atoms with van der Waals surface area (Å²) in [6.45, 7) is 10.6. The lowest BCUT2D eigenvalue weighted by Gasteiger charge is -2.41. The Balaban J connectivity index is 1.44. The number of aromatic nitrogens is 1. The summed E-state index contributed by atoms with van der Waals surface area (Å²) in [7, 11) is 0. The van der Waals surface area contributed by atoms with Gasteiger partial charge in [-0.05, 0) is 73.2 Å². The van der Waals surface area contributed by atoms with Crippen molar-refractivity contribution in [3.05, 3.63) is 89.2 Å². The van der Waals surface area contributed by atoms with Gasteiger partial charge < -0.3 is 4.74 Å². The molecule has 1 saturated heterocycles. The number of hydrogen-bond donors (Lipinski definition) is 0. The van der Waals surface area contributed by atoms with E-state index < -0.39 is 11.6 Å². The maximum atomic E-state index is 13.5. The summed E-state index contributed by atoms with van der Waals surface area (Å²) in [6, 6.07) is 17.0. The fourth-order valence-corrected chi connectivity index (χ4v) is 5.27. The van der Waals surface area contributed by atoms with E-state index in [1.165, 1.54) is 19.4 Å². The molecule has 1 aliphatic rings. The van der Waals surface area contributed by atoms with Gasteiger partial charge in [0.2, 0.25) is 0 Å². The molecule has 2 aromatic carbocycles. The van der Waals surface area contributed by atoms with E-state index >= 15 is 0 Å². The van der Waals surface area contributed by atoms with Crippen LogP contribution in [-0.2, 0) is 28.0 Å². The Morgan fingerprint density at radius 3 is 2.30 bits per heavy atom. The monoisotopic (exact) mass is 553 g/mol. The Hall–Kier alpha value is -3.23. The third kappa shape index (κ3) is 7.09. The molecule has 0 aliphatic carbocycles. The standard InChI is InChI=1S/C32H38F3N3O2/c1-5-40-30(39)19-28-22-37(16-17-38(28)21-24-12-14-36-15-13-24)20-25-6-11-29(23(2)18-25)26-7-9-27(10-8-26)31(3,4)32(33,34)35/h6-15,18,28H,5,16-17,19-22H2,1-4H3/t28-/m1/s1. The summed E-state index contributed by atoms with van der Waals surface area (Å²) in [5.41, 5.74) is 3.63. The van der Waals surface area contributed by atoms with E-state index in [0.29, 0.717) is 13.0 Å². The minimum atomic E-state index is -4.31. The van der Waals surface area contributed by atoms with Crippen LogP contribution in [0.4, 0.5) is 13.2 Å². The van der Waals surface area contributed by atoms with Crippen molar-refractivity contribution < 1.29 is 22.7 Å². The van der Waals surface area contributed by atoms with Gasteiger partial charge in [0, 0.05) is 51.2 Å². The first kappa shape index (κ1) is 29.7. The number of ether oxygens (including phenoxy) is 1. The van der Waals surface area contributed by atoms with Gasteiger partial charge in [0.1, 0.15) is 0 Å². The lowest BCUT2D eigenvalue weighted by atomic mass is 9.83. The lowest BCUT2D eigenvalue weighted by Crippen LogP contribution is -2.53. The summed E-state index contributed by atoms with van der Waals surface area (Å²) in [5.74, 6) is -0.182. The first-order chi connectivity index (χ1) is 19.0. The molecule has 1 fully saturated rings. The molecular weight excluding hydrogens is 515 g/mol. The molecule has 3 aromatic rings. The third-order valence-electron chi connectivity index (χ3n) is 7.85. The number of nitrogens with zero attached hydrogens (tertiary/aromatic N) is 3. The van der Waals surface area contributed by atoms with Gasteiger partial charge >= 0.3 is 12.1 Å². The Labute approximate surface area is 235 Å². The highest BCUT2D eigenvalue weighted by molar-refractivity contribution is 5.70. The molecule has 214 valence electrons. The van der Waals surface area contributed by atoms with E-state index in [0.717, 1.165) is 55.0 Å². The maximum absolute atomic E-state index is 13.5. The quantitative estimate of drug-likeness (QED) is 0.282. The Morgan fingerprint density at radius 2 is 1.68 bits per heavy atom. The summed E-state index contributed by atoms with van der Waals surface area (Å²) < 4.78 is 45.6. The molecule has 0 saturated carbocycles. The molecular formula is C32H38F3N3O2. The van der Waals surface area contributed by atoms with Gasteiger partial charge in [0.05, 0.1) is 18.4 Å². The number of esters is 1. The number of halogens is 3. The number of aryl methyl sites for hydroxylation is 1. The number of pyridine rings is 1. The number of benzene rings is 2. The molecule has 8 heteroatoms. The molecule has 1 aliphatic heterocycles. The maximum Gasteiger partial charge on any atom is 0.397 e. The number of piperazine rings is 1. The predicted molar refractivity (Wildman–Crippen MR) is 151 cm³/mol. The molecule has 1 aromatic heterocycles. The van der Waals surface area contributed by atoms with Crippen molar-refractivity contribution >= 4 is 5.97 Å². The minimum Gasteiger partial charge on any atom is -0.466 e. The van der Waals surface area contributed by atoms with Crippen LogP contribution in [0.3, 0.4) is 0 Å². The predicted octanol–water partition coefficient (Wildman–Crippen LogP) is 6.54. The van der Waals surface area contributed by atoms with Gasteiger partial charge in [-0.25, -0.2) is 0 Å². The van der Waals surface area contributed by atoms with Crippen LogP contribution < -0.4 is 0 Å². The highest BCUT2D eigenvalue weighted by atomic mass is 19.4. The molecule has 0 N–H and O–H groups in total. The van der Waals surface area contributed by atoms with Gasteiger partial charge in [-0.1, -0.05) is 42.5 Å². The van der Waals surface area contributed by atoms with Crippen molar-refractivity contribution in [2.75, 3.05) is 26.2 Å². The molecule has 0 unspecified atom stereocenters. The number of hydrogen-bond acceptors (Lipinski definition) is 5. The first-order valence-electron chi connectivity index (χ1n) is 13.8. The van der Waals surface area contributed by atoms with Crippen LogP contribution in [0, 0.1) is 6.92 Å². The molecule has 5 nitrogen and oxygen atoms in total. The zero-order chi connectivity index (χ0) is 28.9. The van der Waals surface area contributed by atoms with Gasteiger partial charge in [-0.15, -0.1) is 0 Å². The second-order valence-corrected chi connectivity index (χ2v) is 11.1. The molecule has 0 amide bonds. The first-order valence-corrected chi connectivity index (χ1v) is 13.8. The molecule has 2 heterocycles. The van der Waals surface area contributed by atoms with Gasteiger partial charge in [0.25, 0.3) is 0 Å². The van der Waals surface area contributed by atoms with Crippen LogP contribution in [0.2, 0.25) is 0 Å². The number of alkyl halides is 3. The highest BCUT2D eigenvalue weighted by Crippen LogP contribution is 2.41. The molecule has 0 radical (unpaired) electrons. The lowest BCUT2D eigenvalue weighted by molar-refractivity contribution is -0.180. The van der Waals surface area contributed by atoms with E-state index in [1.54, 1.807) is 36.7 Å². The normalized spacial score (nSPS) is 17.1. The van der Waals surface area contributed by atoms with Crippen LogP contribution in [-0.4, -0.2) is 59.2 Å². The van der Waals surface area contributed by atoms with Gasteiger partial charge in [-0.2, -0.15) is 13.2 Å². The summed E-state index contributed by atoms with van der Waals surface area (Å²) in [4.78, 5) is 21.2. The fraction of sp³-hybridized carbons (Fsp3) is 0.438. The van der Waals surface area contributed by atoms with Crippen LogP contribution in [0.5, 0.6) is 0 Å².